The lowest BCUT2D eigenvalue weighted by molar-refractivity contribution is 0.351. The average molecular weight is 220 g/mol. The van der Waals surface area contributed by atoms with Crippen LogP contribution in [0.5, 0.6) is 5.75 Å². The van der Waals surface area contributed by atoms with E-state index in [0.29, 0.717) is 23.9 Å². The first-order valence-corrected chi connectivity index (χ1v) is 6.07. The Morgan fingerprint density at radius 2 is 2.12 bits per heavy atom. The quantitative estimate of drug-likeness (QED) is 0.789. The molecular weight excluding hydrogens is 200 g/mol. The zero-order valence-corrected chi connectivity index (χ0v) is 10.2. The normalized spacial score (nSPS) is 25.4. The molecule has 0 saturated carbocycles. The van der Waals surface area contributed by atoms with E-state index in [-0.39, 0.29) is 0 Å². The summed E-state index contributed by atoms with van der Waals surface area (Å²) in [7, 11) is 0. The van der Waals surface area contributed by atoms with Gasteiger partial charge in [0, 0.05) is 0 Å². The molecule has 0 aliphatic carbocycles. The second-order valence-electron chi connectivity index (χ2n) is 4.77. The van der Waals surface area contributed by atoms with Gasteiger partial charge in [0.1, 0.15) is 5.75 Å². The van der Waals surface area contributed by atoms with Crippen LogP contribution in [0.1, 0.15) is 43.7 Å². The first kappa shape index (κ1) is 11.5. The van der Waals surface area contributed by atoms with E-state index in [9.17, 15) is 5.11 Å². The highest BCUT2D eigenvalue weighted by atomic mass is 16.6. The van der Waals surface area contributed by atoms with Gasteiger partial charge in [-0.2, -0.15) is 0 Å². The molecule has 1 fully saturated rings. The summed E-state index contributed by atoms with van der Waals surface area (Å²) in [4.78, 5) is 0. The summed E-state index contributed by atoms with van der Waals surface area (Å²) in [5.74, 6) is 0.781. The second kappa shape index (κ2) is 4.46. The first-order chi connectivity index (χ1) is 7.63. The second-order valence-corrected chi connectivity index (χ2v) is 4.77. The fourth-order valence-electron chi connectivity index (χ4n) is 2.52. The third kappa shape index (κ3) is 2.22. The van der Waals surface area contributed by atoms with Gasteiger partial charge in [-0.05, 0) is 42.9 Å². The van der Waals surface area contributed by atoms with Crippen molar-refractivity contribution in [2.75, 3.05) is 0 Å². The van der Waals surface area contributed by atoms with Crippen LogP contribution in [0.3, 0.4) is 0 Å². The number of ether oxygens (including phenoxy) is 1. The summed E-state index contributed by atoms with van der Waals surface area (Å²) in [5.41, 5.74) is 2.24. The molecule has 1 heterocycles. The van der Waals surface area contributed by atoms with Crippen molar-refractivity contribution in [3.05, 3.63) is 29.3 Å². The van der Waals surface area contributed by atoms with E-state index in [1.165, 1.54) is 5.56 Å². The minimum Gasteiger partial charge on any atom is -0.508 e. The third-order valence-electron chi connectivity index (χ3n) is 3.47. The molecular formula is C14H20O2. The summed E-state index contributed by atoms with van der Waals surface area (Å²) in [6, 6.07) is 5.71. The molecule has 2 nitrogen and oxygen atoms in total. The SMILES string of the molecule is CCC1OC1CC(C)c1c(C)cccc1O. The van der Waals surface area contributed by atoms with Crippen LogP contribution < -0.4 is 0 Å². The molecule has 3 atom stereocenters. The van der Waals surface area contributed by atoms with Gasteiger partial charge in [0.05, 0.1) is 12.2 Å². The molecule has 0 spiro atoms. The number of epoxide rings is 1. The number of phenolic OH excluding ortho intramolecular Hbond substituents is 1. The van der Waals surface area contributed by atoms with Crippen LogP contribution in [-0.2, 0) is 4.74 Å². The predicted molar refractivity (Wildman–Crippen MR) is 64.8 cm³/mol. The summed E-state index contributed by atoms with van der Waals surface area (Å²) >= 11 is 0. The first-order valence-electron chi connectivity index (χ1n) is 6.07. The minimum atomic E-state index is 0.364. The van der Waals surface area contributed by atoms with Gasteiger partial charge in [0.25, 0.3) is 0 Å². The zero-order valence-electron chi connectivity index (χ0n) is 10.2. The van der Waals surface area contributed by atoms with Crippen LogP contribution in [0.15, 0.2) is 18.2 Å². The maximum Gasteiger partial charge on any atom is 0.119 e. The van der Waals surface area contributed by atoms with Gasteiger partial charge >= 0.3 is 0 Å². The Balaban J connectivity index is 2.06. The van der Waals surface area contributed by atoms with Gasteiger partial charge in [-0.3, -0.25) is 0 Å². The smallest absolute Gasteiger partial charge is 0.119 e. The zero-order chi connectivity index (χ0) is 11.7. The van der Waals surface area contributed by atoms with Crippen molar-refractivity contribution in [3.8, 4) is 5.75 Å². The van der Waals surface area contributed by atoms with E-state index in [1.807, 2.05) is 6.07 Å². The van der Waals surface area contributed by atoms with E-state index in [1.54, 1.807) is 6.07 Å². The van der Waals surface area contributed by atoms with Crippen molar-refractivity contribution < 1.29 is 9.84 Å². The van der Waals surface area contributed by atoms with E-state index in [0.717, 1.165) is 18.4 Å². The maximum absolute atomic E-state index is 9.88. The molecule has 1 aliphatic rings. The van der Waals surface area contributed by atoms with Crippen LogP contribution in [-0.4, -0.2) is 17.3 Å². The number of hydrogen-bond donors (Lipinski definition) is 1. The van der Waals surface area contributed by atoms with Crippen LogP contribution in [0, 0.1) is 6.92 Å². The van der Waals surface area contributed by atoms with Crippen molar-refractivity contribution in [2.24, 2.45) is 0 Å². The molecule has 1 saturated heterocycles. The molecule has 2 rings (SSSR count). The van der Waals surface area contributed by atoms with Gasteiger partial charge in [-0.15, -0.1) is 0 Å². The summed E-state index contributed by atoms with van der Waals surface area (Å²) in [6.07, 6.45) is 2.96. The molecule has 1 aromatic carbocycles. The topological polar surface area (TPSA) is 32.8 Å². The number of aryl methyl sites for hydroxylation is 1. The summed E-state index contributed by atoms with van der Waals surface area (Å²) in [6.45, 7) is 6.37. The van der Waals surface area contributed by atoms with E-state index < -0.39 is 0 Å². The van der Waals surface area contributed by atoms with Crippen LogP contribution >= 0.6 is 0 Å². The summed E-state index contributed by atoms with van der Waals surface area (Å²) in [5, 5.41) is 9.88. The van der Waals surface area contributed by atoms with Gasteiger partial charge in [-0.25, -0.2) is 0 Å². The van der Waals surface area contributed by atoms with E-state index in [4.69, 9.17) is 4.74 Å². The fraction of sp³-hybridized carbons (Fsp3) is 0.571. The van der Waals surface area contributed by atoms with Gasteiger partial charge in [-0.1, -0.05) is 26.0 Å². The Morgan fingerprint density at radius 3 is 2.69 bits per heavy atom. The van der Waals surface area contributed by atoms with E-state index in [2.05, 4.69) is 26.8 Å². The van der Waals surface area contributed by atoms with Crippen molar-refractivity contribution in [2.45, 2.75) is 51.7 Å². The minimum absolute atomic E-state index is 0.364. The lowest BCUT2D eigenvalue weighted by atomic mass is 9.91. The van der Waals surface area contributed by atoms with Gasteiger partial charge in [0.2, 0.25) is 0 Å². The van der Waals surface area contributed by atoms with Crippen molar-refractivity contribution in [3.63, 3.8) is 0 Å². The average Bonchev–Trinajstić information content (AvgIpc) is 2.96. The van der Waals surface area contributed by atoms with Crippen LogP contribution in [0.4, 0.5) is 0 Å². The Bertz CT molecular complexity index is 353. The standard InChI is InChI=1S/C14H20O2/c1-4-12-13(16-12)8-10(3)14-9(2)6-5-7-11(14)15/h5-7,10,12-13,15H,4,8H2,1-3H3. The van der Waals surface area contributed by atoms with Crippen molar-refractivity contribution in [1.29, 1.82) is 0 Å². The van der Waals surface area contributed by atoms with Crippen molar-refractivity contribution >= 4 is 0 Å². The Hall–Kier alpha value is -1.02. The number of benzene rings is 1. The Labute approximate surface area is 97.3 Å². The Kier molecular flexibility index (Phi) is 3.20. The summed E-state index contributed by atoms with van der Waals surface area (Å²) < 4.78 is 5.56. The number of phenols is 1. The highest BCUT2D eigenvalue weighted by molar-refractivity contribution is 5.41. The number of rotatable bonds is 4. The molecule has 0 bridgehead atoms. The molecule has 1 N–H and O–H groups in total. The maximum atomic E-state index is 9.88. The van der Waals surface area contributed by atoms with Crippen LogP contribution in [0.25, 0.3) is 0 Å². The molecule has 16 heavy (non-hydrogen) atoms. The highest BCUT2D eigenvalue weighted by Gasteiger charge is 2.38. The molecule has 0 aromatic heterocycles. The molecule has 3 unspecified atom stereocenters. The highest BCUT2D eigenvalue weighted by Crippen LogP contribution is 2.38. The Morgan fingerprint density at radius 1 is 1.38 bits per heavy atom. The van der Waals surface area contributed by atoms with Gasteiger partial charge in [0.15, 0.2) is 0 Å². The van der Waals surface area contributed by atoms with Crippen LogP contribution in [0.2, 0.25) is 0 Å². The molecule has 0 amide bonds. The lowest BCUT2D eigenvalue weighted by Crippen LogP contribution is -2.03. The van der Waals surface area contributed by atoms with Gasteiger partial charge < -0.3 is 9.84 Å². The monoisotopic (exact) mass is 220 g/mol. The number of hydrogen-bond acceptors (Lipinski definition) is 2. The van der Waals surface area contributed by atoms with E-state index >= 15 is 0 Å². The molecule has 0 radical (unpaired) electrons. The molecule has 88 valence electrons. The predicted octanol–water partition coefficient (Wildman–Crippen LogP) is 3.37. The largest absolute Gasteiger partial charge is 0.508 e. The molecule has 1 aromatic rings. The number of aromatic hydroxyl groups is 1. The van der Waals surface area contributed by atoms with Crippen molar-refractivity contribution in [1.82, 2.24) is 0 Å². The third-order valence-corrected chi connectivity index (χ3v) is 3.47. The lowest BCUT2D eigenvalue weighted by Gasteiger charge is -2.15. The fourth-order valence-corrected chi connectivity index (χ4v) is 2.52. The molecule has 2 heteroatoms. The molecule has 1 aliphatic heterocycles.